The Bertz CT molecular complexity index is 1290. The predicted molar refractivity (Wildman–Crippen MR) is 122 cm³/mol. The van der Waals surface area contributed by atoms with Crippen LogP contribution >= 0.6 is 0 Å². The number of nitrogens with zero attached hydrogens (tertiary/aromatic N) is 3. The van der Waals surface area contributed by atoms with Gasteiger partial charge in [0.05, 0.1) is 23.9 Å². The topological polar surface area (TPSA) is 110 Å². The molecule has 0 aliphatic heterocycles. The van der Waals surface area contributed by atoms with Crippen molar-refractivity contribution in [2.45, 2.75) is 40.4 Å². The van der Waals surface area contributed by atoms with Crippen LogP contribution in [0.4, 0.5) is 0 Å². The molecule has 34 heavy (non-hydrogen) atoms. The molecule has 0 amide bonds. The van der Waals surface area contributed by atoms with Crippen LogP contribution < -0.4 is 9.47 Å². The quantitative estimate of drug-likeness (QED) is 0.327. The van der Waals surface area contributed by atoms with E-state index < -0.39 is 12.1 Å². The molecular weight excluding hydrogens is 438 g/mol. The molecule has 4 aromatic rings. The molecule has 1 unspecified atom stereocenters. The molecule has 0 N–H and O–H groups in total. The summed E-state index contributed by atoms with van der Waals surface area (Å²) >= 11 is 0. The van der Waals surface area contributed by atoms with Crippen molar-refractivity contribution in [3.63, 3.8) is 0 Å². The normalized spacial score (nSPS) is 11.8. The molecule has 0 aliphatic rings. The van der Waals surface area contributed by atoms with Gasteiger partial charge in [-0.05, 0) is 58.0 Å². The van der Waals surface area contributed by atoms with Crippen LogP contribution in [-0.4, -0.2) is 28.4 Å². The fourth-order valence-electron chi connectivity index (χ4n) is 3.34. The smallest absolute Gasteiger partial charge is 0.339 e. The van der Waals surface area contributed by atoms with Crippen LogP contribution in [0.2, 0.25) is 0 Å². The molecule has 2 aromatic carbocycles. The zero-order chi connectivity index (χ0) is 24.2. The summed E-state index contributed by atoms with van der Waals surface area (Å²) in [6.07, 6.45) is -0.736. The summed E-state index contributed by atoms with van der Waals surface area (Å²) < 4.78 is 27.7. The summed E-state index contributed by atoms with van der Waals surface area (Å²) in [5.74, 6) is 1.58. The Morgan fingerprint density at radius 2 is 1.88 bits per heavy atom. The van der Waals surface area contributed by atoms with Crippen LogP contribution in [-0.2, 0) is 11.3 Å². The summed E-state index contributed by atoms with van der Waals surface area (Å²) in [5.41, 5.74) is 3.80. The monoisotopic (exact) mass is 463 g/mol. The van der Waals surface area contributed by atoms with Crippen molar-refractivity contribution in [3.05, 3.63) is 76.5 Å². The molecule has 0 saturated carbocycles. The molecule has 1 atom stereocenters. The lowest BCUT2D eigenvalue weighted by molar-refractivity contribution is 0.0279. The van der Waals surface area contributed by atoms with E-state index in [0.29, 0.717) is 28.7 Å². The van der Waals surface area contributed by atoms with E-state index in [9.17, 15) is 4.79 Å². The summed E-state index contributed by atoms with van der Waals surface area (Å²) in [5, 5.41) is 12.0. The van der Waals surface area contributed by atoms with Crippen LogP contribution in [0.25, 0.3) is 11.5 Å². The molecule has 0 spiro atoms. The van der Waals surface area contributed by atoms with Crippen LogP contribution in [0, 0.1) is 20.8 Å². The Morgan fingerprint density at radius 3 is 2.59 bits per heavy atom. The molecule has 9 nitrogen and oxygen atoms in total. The van der Waals surface area contributed by atoms with Gasteiger partial charge in [0.15, 0.2) is 17.6 Å². The molecular formula is C25H25N3O6. The SMILES string of the molecule is COc1cc(C(=O)OC(C)c2nnc(-c3cccc(C)c3)o2)ccc1OCc1c(C)noc1C. The first kappa shape index (κ1) is 23.0. The number of hydrogen-bond acceptors (Lipinski definition) is 9. The summed E-state index contributed by atoms with van der Waals surface area (Å²) in [6.45, 7) is 7.58. The van der Waals surface area contributed by atoms with E-state index >= 15 is 0 Å². The average molecular weight is 463 g/mol. The lowest BCUT2D eigenvalue weighted by atomic mass is 10.1. The van der Waals surface area contributed by atoms with Crippen molar-refractivity contribution >= 4 is 5.97 Å². The third-order valence-corrected chi connectivity index (χ3v) is 5.29. The van der Waals surface area contributed by atoms with Crippen LogP contribution in [0.1, 0.15) is 51.9 Å². The average Bonchev–Trinajstić information content (AvgIpc) is 3.45. The maximum absolute atomic E-state index is 12.7. The predicted octanol–water partition coefficient (Wildman–Crippen LogP) is 5.16. The van der Waals surface area contributed by atoms with E-state index in [1.54, 1.807) is 25.1 Å². The van der Waals surface area contributed by atoms with E-state index in [2.05, 4.69) is 15.4 Å². The number of hydrogen-bond donors (Lipinski definition) is 0. The molecule has 9 heteroatoms. The fraction of sp³-hybridized carbons (Fsp3) is 0.280. The van der Waals surface area contributed by atoms with Gasteiger partial charge in [0, 0.05) is 5.56 Å². The molecule has 0 radical (unpaired) electrons. The summed E-state index contributed by atoms with van der Waals surface area (Å²) in [4.78, 5) is 12.7. The number of methoxy groups -OCH3 is 1. The first-order chi connectivity index (χ1) is 16.4. The van der Waals surface area contributed by atoms with E-state index in [-0.39, 0.29) is 12.5 Å². The zero-order valence-electron chi connectivity index (χ0n) is 19.6. The van der Waals surface area contributed by atoms with Gasteiger partial charge in [-0.25, -0.2) is 4.79 Å². The third kappa shape index (κ3) is 4.93. The fourth-order valence-corrected chi connectivity index (χ4v) is 3.34. The minimum Gasteiger partial charge on any atom is -0.493 e. The number of rotatable bonds is 8. The van der Waals surface area contributed by atoms with Crippen molar-refractivity contribution in [2.75, 3.05) is 7.11 Å². The van der Waals surface area contributed by atoms with Crippen LogP contribution in [0.15, 0.2) is 51.4 Å². The standard InChI is InChI=1S/C25H25N3O6/c1-14-7-6-8-18(11-14)24-27-26-23(33-24)17(4)32-25(29)19-9-10-21(22(12-19)30-5)31-13-20-15(2)28-34-16(20)3/h6-12,17H,13H2,1-5H3. The molecule has 2 aromatic heterocycles. The second-order valence-corrected chi connectivity index (χ2v) is 7.82. The molecule has 0 aliphatic carbocycles. The zero-order valence-corrected chi connectivity index (χ0v) is 19.6. The van der Waals surface area contributed by atoms with Crippen LogP contribution in [0.5, 0.6) is 11.5 Å². The Labute approximate surface area is 196 Å². The van der Waals surface area contributed by atoms with Gasteiger partial charge in [-0.1, -0.05) is 22.9 Å². The molecule has 176 valence electrons. The van der Waals surface area contributed by atoms with Gasteiger partial charge in [0.25, 0.3) is 5.89 Å². The third-order valence-electron chi connectivity index (χ3n) is 5.29. The van der Waals surface area contributed by atoms with Crippen LogP contribution in [0.3, 0.4) is 0 Å². The number of aryl methyl sites for hydroxylation is 3. The van der Waals surface area contributed by atoms with Crippen molar-refractivity contribution in [1.29, 1.82) is 0 Å². The first-order valence-electron chi connectivity index (χ1n) is 10.7. The van der Waals surface area contributed by atoms with E-state index in [1.165, 1.54) is 7.11 Å². The van der Waals surface area contributed by atoms with Crippen molar-refractivity contribution in [2.24, 2.45) is 0 Å². The number of esters is 1. The highest BCUT2D eigenvalue weighted by molar-refractivity contribution is 5.90. The molecule has 0 bridgehead atoms. The minimum atomic E-state index is -0.736. The number of benzene rings is 2. The van der Waals surface area contributed by atoms with Gasteiger partial charge in [-0.3, -0.25) is 0 Å². The molecule has 0 saturated heterocycles. The second kappa shape index (κ2) is 9.78. The van der Waals surface area contributed by atoms with Gasteiger partial charge < -0.3 is 23.2 Å². The lowest BCUT2D eigenvalue weighted by Crippen LogP contribution is -2.10. The van der Waals surface area contributed by atoms with E-state index in [4.69, 9.17) is 23.2 Å². The van der Waals surface area contributed by atoms with Crippen molar-refractivity contribution < 1.29 is 27.9 Å². The second-order valence-electron chi connectivity index (χ2n) is 7.82. The highest BCUT2D eigenvalue weighted by atomic mass is 16.6. The highest BCUT2D eigenvalue weighted by Gasteiger charge is 2.21. The molecule has 2 heterocycles. The van der Waals surface area contributed by atoms with E-state index in [0.717, 1.165) is 22.4 Å². The van der Waals surface area contributed by atoms with Gasteiger partial charge in [0.2, 0.25) is 5.89 Å². The maximum atomic E-state index is 12.7. The largest absolute Gasteiger partial charge is 0.493 e. The van der Waals surface area contributed by atoms with Gasteiger partial charge in [-0.15, -0.1) is 10.2 Å². The molecule has 0 fully saturated rings. The Hall–Kier alpha value is -4.14. The number of aromatic nitrogens is 3. The highest BCUT2D eigenvalue weighted by Crippen LogP contribution is 2.31. The number of carbonyl (C=O) groups is 1. The number of ether oxygens (including phenoxy) is 3. The van der Waals surface area contributed by atoms with Gasteiger partial charge in [-0.2, -0.15) is 0 Å². The van der Waals surface area contributed by atoms with Crippen molar-refractivity contribution in [3.8, 4) is 23.0 Å². The minimum absolute atomic E-state index is 0.205. The Morgan fingerprint density at radius 1 is 1.06 bits per heavy atom. The Balaban J connectivity index is 1.43. The van der Waals surface area contributed by atoms with Crippen molar-refractivity contribution in [1.82, 2.24) is 15.4 Å². The summed E-state index contributed by atoms with van der Waals surface area (Å²) in [6, 6.07) is 12.5. The number of carbonyl (C=O) groups excluding carboxylic acids is 1. The lowest BCUT2D eigenvalue weighted by Gasteiger charge is -2.13. The Kier molecular flexibility index (Phi) is 6.62. The first-order valence-corrected chi connectivity index (χ1v) is 10.7. The molecule has 4 rings (SSSR count). The maximum Gasteiger partial charge on any atom is 0.339 e. The van der Waals surface area contributed by atoms with E-state index in [1.807, 2.05) is 45.0 Å². The van der Waals surface area contributed by atoms with Gasteiger partial charge in [0.1, 0.15) is 12.4 Å². The van der Waals surface area contributed by atoms with Gasteiger partial charge >= 0.3 is 5.97 Å². The summed E-state index contributed by atoms with van der Waals surface area (Å²) in [7, 11) is 1.50.